The van der Waals surface area contributed by atoms with Crippen molar-refractivity contribution in [1.29, 1.82) is 0 Å². The van der Waals surface area contributed by atoms with Crippen molar-refractivity contribution < 1.29 is 9.84 Å². The first-order valence-electron chi connectivity index (χ1n) is 8.11. The molecular formula is C17H27N3O2. The number of hydrogen-bond acceptors (Lipinski definition) is 5. The van der Waals surface area contributed by atoms with Crippen LogP contribution in [0.4, 0.5) is 11.4 Å². The Kier molecular flexibility index (Phi) is 3.95. The summed E-state index contributed by atoms with van der Waals surface area (Å²) in [4.78, 5) is 4.62. The van der Waals surface area contributed by atoms with Gasteiger partial charge in [-0.15, -0.1) is 0 Å². The van der Waals surface area contributed by atoms with E-state index in [-0.39, 0.29) is 11.7 Å². The fourth-order valence-corrected chi connectivity index (χ4v) is 3.48. The molecule has 5 heteroatoms. The summed E-state index contributed by atoms with van der Waals surface area (Å²) in [5.74, 6) is 0.973. The van der Waals surface area contributed by atoms with Crippen molar-refractivity contribution in [2.75, 3.05) is 43.4 Å². The number of β-amino-alcohol motifs (C(OH)–C–C–N with tert-alkyl or cyclic N) is 1. The minimum Gasteiger partial charge on any atom is -0.487 e. The van der Waals surface area contributed by atoms with Crippen LogP contribution in [0.5, 0.6) is 5.75 Å². The van der Waals surface area contributed by atoms with Crippen LogP contribution in [-0.2, 0) is 6.42 Å². The normalized spacial score (nSPS) is 22.3. The van der Waals surface area contributed by atoms with E-state index in [1.165, 1.54) is 5.56 Å². The van der Waals surface area contributed by atoms with Gasteiger partial charge in [-0.1, -0.05) is 0 Å². The lowest BCUT2D eigenvalue weighted by Crippen LogP contribution is -2.48. The molecule has 1 aromatic carbocycles. The van der Waals surface area contributed by atoms with Gasteiger partial charge in [0, 0.05) is 50.8 Å². The molecule has 1 atom stereocenters. The lowest BCUT2D eigenvalue weighted by molar-refractivity contribution is 0.122. The van der Waals surface area contributed by atoms with E-state index in [1.54, 1.807) is 0 Å². The van der Waals surface area contributed by atoms with Gasteiger partial charge >= 0.3 is 0 Å². The molecule has 0 amide bonds. The summed E-state index contributed by atoms with van der Waals surface area (Å²) in [5, 5.41) is 9.49. The Bertz CT molecular complexity index is 549. The number of aliphatic hydroxyl groups excluding tert-OH is 1. The topological polar surface area (TPSA) is 62.0 Å². The number of hydrogen-bond donors (Lipinski definition) is 2. The summed E-state index contributed by atoms with van der Waals surface area (Å²) in [6, 6.07) is 4.17. The van der Waals surface area contributed by atoms with E-state index in [0.717, 1.165) is 56.3 Å². The molecule has 1 saturated heterocycles. The fraction of sp³-hybridized carbons (Fsp3) is 0.647. The molecule has 0 aromatic heterocycles. The number of ether oxygens (including phenoxy) is 1. The summed E-state index contributed by atoms with van der Waals surface area (Å²) in [6.45, 7) is 10.6. The van der Waals surface area contributed by atoms with Crippen molar-refractivity contribution in [3.8, 4) is 5.75 Å². The minimum absolute atomic E-state index is 0.136. The zero-order valence-electron chi connectivity index (χ0n) is 13.8. The van der Waals surface area contributed by atoms with Crippen LogP contribution in [0, 0.1) is 0 Å². The fourth-order valence-electron chi connectivity index (χ4n) is 3.48. The molecular weight excluding hydrogens is 278 g/mol. The second kappa shape index (κ2) is 5.63. The zero-order chi connectivity index (χ0) is 15.9. The number of rotatable bonds is 3. The molecule has 1 fully saturated rings. The van der Waals surface area contributed by atoms with Gasteiger partial charge in [-0.2, -0.15) is 0 Å². The van der Waals surface area contributed by atoms with Crippen LogP contribution in [0.3, 0.4) is 0 Å². The molecule has 0 radical (unpaired) electrons. The molecule has 2 heterocycles. The molecule has 0 bridgehead atoms. The maximum Gasteiger partial charge on any atom is 0.125 e. The Morgan fingerprint density at radius 3 is 2.59 bits per heavy atom. The van der Waals surface area contributed by atoms with E-state index in [2.05, 4.69) is 35.8 Å². The molecule has 2 aliphatic heterocycles. The lowest BCUT2D eigenvalue weighted by Gasteiger charge is -2.37. The molecule has 3 rings (SSSR count). The molecule has 2 aliphatic rings. The van der Waals surface area contributed by atoms with Gasteiger partial charge in [0.2, 0.25) is 0 Å². The molecule has 3 N–H and O–H groups in total. The van der Waals surface area contributed by atoms with Crippen LogP contribution in [0.2, 0.25) is 0 Å². The maximum atomic E-state index is 9.49. The Labute approximate surface area is 132 Å². The van der Waals surface area contributed by atoms with Crippen LogP contribution in [0.1, 0.15) is 26.3 Å². The molecule has 5 nitrogen and oxygen atoms in total. The predicted molar refractivity (Wildman–Crippen MR) is 89.6 cm³/mol. The van der Waals surface area contributed by atoms with Gasteiger partial charge in [0.15, 0.2) is 0 Å². The smallest absolute Gasteiger partial charge is 0.125 e. The molecule has 1 unspecified atom stereocenters. The number of fused-ring (bicyclic) bond motifs is 1. The van der Waals surface area contributed by atoms with Gasteiger partial charge in [0.25, 0.3) is 0 Å². The molecule has 0 saturated carbocycles. The molecule has 0 spiro atoms. The van der Waals surface area contributed by atoms with Crippen molar-refractivity contribution in [3.05, 3.63) is 17.7 Å². The van der Waals surface area contributed by atoms with Crippen molar-refractivity contribution in [2.24, 2.45) is 0 Å². The summed E-state index contributed by atoms with van der Waals surface area (Å²) in [5.41, 5.74) is 9.26. The van der Waals surface area contributed by atoms with Crippen LogP contribution in [0.25, 0.3) is 0 Å². The number of benzene rings is 1. The first-order chi connectivity index (χ1) is 10.3. The van der Waals surface area contributed by atoms with Crippen molar-refractivity contribution in [3.63, 3.8) is 0 Å². The van der Waals surface area contributed by atoms with Gasteiger partial charge < -0.3 is 20.5 Å². The number of nitrogen functional groups attached to an aromatic ring is 1. The molecule has 22 heavy (non-hydrogen) atoms. The summed E-state index contributed by atoms with van der Waals surface area (Å²) in [6.07, 6.45) is 0.641. The first kappa shape index (κ1) is 15.4. The standard InChI is InChI=1S/C17H27N3O2/c1-12(21)11-19-4-6-20(7-5-19)15-9-16-13(8-14(15)18)10-17(2,3)22-16/h8-9,12,21H,4-7,10-11,18H2,1-3H3. The average Bonchev–Trinajstić information content (AvgIpc) is 2.71. The zero-order valence-corrected chi connectivity index (χ0v) is 13.8. The van der Waals surface area contributed by atoms with Crippen molar-refractivity contribution in [2.45, 2.75) is 38.9 Å². The monoisotopic (exact) mass is 305 g/mol. The largest absolute Gasteiger partial charge is 0.487 e. The molecule has 0 aliphatic carbocycles. The number of anilines is 2. The minimum atomic E-state index is -0.271. The van der Waals surface area contributed by atoms with Crippen LogP contribution in [0.15, 0.2) is 12.1 Å². The Balaban J connectivity index is 1.72. The van der Waals surface area contributed by atoms with E-state index in [4.69, 9.17) is 10.5 Å². The highest BCUT2D eigenvalue weighted by Gasteiger charge is 2.31. The van der Waals surface area contributed by atoms with E-state index < -0.39 is 0 Å². The first-order valence-corrected chi connectivity index (χ1v) is 8.11. The SMILES string of the molecule is CC(O)CN1CCN(c2cc3c(cc2N)CC(C)(C)O3)CC1. The Morgan fingerprint density at radius 1 is 1.27 bits per heavy atom. The highest BCUT2D eigenvalue weighted by molar-refractivity contribution is 5.72. The van der Waals surface area contributed by atoms with Crippen LogP contribution < -0.4 is 15.4 Å². The summed E-state index contributed by atoms with van der Waals surface area (Å²) < 4.78 is 6.03. The number of aliphatic hydroxyl groups is 1. The second-order valence-corrected chi connectivity index (χ2v) is 7.19. The third-order valence-electron chi connectivity index (χ3n) is 4.45. The van der Waals surface area contributed by atoms with Gasteiger partial charge in [-0.3, -0.25) is 4.90 Å². The van der Waals surface area contributed by atoms with Crippen LogP contribution >= 0.6 is 0 Å². The van der Waals surface area contributed by atoms with E-state index >= 15 is 0 Å². The van der Waals surface area contributed by atoms with Gasteiger partial charge in [-0.05, 0) is 26.8 Å². The predicted octanol–water partition coefficient (Wildman–Crippen LogP) is 1.49. The quantitative estimate of drug-likeness (QED) is 0.829. The summed E-state index contributed by atoms with van der Waals surface area (Å²) >= 11 is 0. The highest BCUT2D eigenvalue weighted by Crippen LogP contribution is 2.40. The molecule has 1 aromatic rings. The average molecular weight is 305 g/mol. The van der Waals surface area contributed by atoms with Crippen molar-refractivity contribution in [1.82, 2.24) is 4.90 Å². The van der Waals surface area contributed by atoms with E-state index in [0.29, 0.717) is 0 Å². The van der Waals surface area contributed by atoms with Crippen molar-refractivity contribution >= 4 is 11.4 Å². The third-order valence-corrected chi connectivity index (χ3v) is 4.45. The van der Waals surface area contributed by atoms with E-state index in [9.17, 15) is 5.11 Å². The molecule has 122 valence electrons. The van der Waals surface area contributed by atoms with Gasteiger partial charge in [-0.25, -0.2) is 0 Å². The number of nitrogens with zero attached hydrogens (tertiary/aromatic N) is 2. The van der Waals surface area contributed by atoms with Crippen LogP contribution in [-0.4, -0.2) is 54.4 Å². The second-order valence-electron chi connectivity index (χ2n) is 7.19. The summed E-state index contributed by atoms with van der Waals surface area (Å²) in [7, 11) is 0. The van der Waals surface area contributed by atoms with Gasteiger partial charge in [0.05, 0.1) is 17.5 Å². The Morgan fingerprint density at radius 2 is 1.95 bits per heavy atom. The number of piperazine rings is 1. The Hall–Kier alpha value is -1.46. The third kappa shape index (κ3) is 3.15. The number of nitrogens with two attached hydrogens (primary N) is 1. The lowest BCUT2D eigenvalue weighted by atomic mass is 10.0. The van der Waals surface area contributed by atoms with E-state index in [1.807, 2.05) is 6.92 Å². The van der Waals surface area contributed by atoms with Gasteiger partial charge in [0.1, 0.15) is 11.4 Å². The highest BCUT2D eigenvalue weighted by atomic mass is 16.5. The maximum absolute atomic E-state index is 9.49.